The number of carbonyl (C=O) groups excluding carboxylic acids is 1. The third-order valence-corrected chi connectivity index (χ3v) is 3.81. The minimum Gasteiger partial charge on any atom is -0.482 e. The minimum atomic E-state index is -0.128. The van der Waals surface area contributed by atoms with Crippen molar-refractivity contribution in [3.05, 3.63) is 27.7 Å². The Kier molecular flexibility index (Phi) is 6.83. The van der Waals surface area contributed by atoms with Gasteiger partial charge in [-0.2, -0.15) is 0 Å². The zero-order valence-corrected chi connectivity index (χ0v) is 14.6. The van der Waals surface area contributed by atoms with Crippen molar-refractivity contribution < 1.29 is 9.53 Å². The molecule has 3 nitrogen and oxygen atoms in total. The number of carbonyl (C=O) groups is 1. The summed E-state index contributed by atoms with van der Waals surface area (Å²) in [5, 5.41) is 3.48. The molecule has 0 aliphatic heterocycles. The lowest BCUT2D eigenvalue weighted by molar-refractivity contribution is -0.124. The smallest absolute Gasteiger partial charge is 0.258 e. The van der Waals surface area contributed by atoms with Crippen molar-refractivity contribution in [1.82, 2.24) is 5.32 Å². The first-order chi connectivity index (χ1) is 9.31. The second-order valence-corrected chi connectivity index (χ2v) is 6.77. The normalized spacial score (nSPS) is 11.2. The second-order valence-electron chi connectivity index (χ2n) is 5.44. The summed E-state index contributed by atoms with van der Waals surface area (Å²) in [5.74, 6) is 1.15. The third-order valence-electron chi connectivity index (χ3n) is 3.02. The van der Waals surface area contributed by atoms with Gasteiger partial charge in [0.1, 0.15) is 5.75 Å². The van der Waals surface area contributed by atoms with Crippen LogP contribution in [0.5, 0.6) is 5.75 Å². The topological polar surface area (TPSA) is 38.3 Å². The molecule has 0 aliphatic rings. The van der Waals surface area contributed by atoms with Crippen LogP contribution in [0.4, 0.5) is 0 Å². The highest BCUT2D eigenvalue weighted by molar-refractivity contribution is 9.10. The Balaban J connectivity index is 2.54. The van der Waals surface area contributed by atoms with Crippen LogP contribution in [0.2, 0.25) is 5.02 Å². The summed E-state index contributed by atoms with van der Waals surface area (Å²) < 4.78 is 6.32. The Morgan fingerprint density at radius 3 is 2.40 bits per heavy atom. The zero-order valence-electron chi connectivity index (χ0n) is 12.2. The molecule has 0 bridgehead atoms. The van der Waals surface area contributed by atoms with Crippen molar-refractivity contribution >= 4 is 33.4 Å². The van der Waals surface area contributed by atoms with Crippen molar-refractivity contribution in [1.29, 1.82) is 0 Å². The molecule has 1 N–H and O–H groups in total. The van der Waals surface area contributed by atoms with E-state index in [1.165, 1.54) is 0 Å². The molecular formula is C15H21BrClNO2. The lowest BCUT2D eigenvalue weighted by Crippen LogP contribution is -2.44. The first kappa shape index (κ1) is 17.3. The first-order valence-electron chi connectivity index (χ1n) is 6.68. The summed E-state index contributed by atoms with van der Waals surface area (Å²) in [7, 11) is 0. The van der Waals surface area contributed by atoms with Crippen LogP contribution in [-0.4, -0.2) is 18.6 Å². The molecular weight excluding hydrogens is 342 g/mol. The molecule has 0 heterocycles. The second kappa shape index (κ2) is 7.89. The van der Waals surface area contributed by atoms with Crippen molar-refractivity contribution in [3.63, 3.8) is 0 Å². The van der Waals surface area contributed by atoms with Crippen LogP contribution in [-0.2, 0) is 4.79 Å². The highest BCUT2D eigenvalue weighted by Crippen LogP contribution is 2.27. The molecule has 0 saturated heterocycles. The molecule has 0 aliphatic carbocycles. The van der Waals surface area contributed by atoms with Crippen LogP contribution in [0.3, 0.4) is 0 Å². The number of hydrogen-bond acceptors (Lipinski definition) is 2. The number of amides is 1. The van der Waals surface area contributed by atoms with Crippen LogP contribution in [0.1, 0.15) is 27.7 Å². The highest BCUT2D eigenvalue weighted by atomic mass is 79.9. The van der Waals surface area contributed by atoms with Gasteiger partial charge in [-0.15, -0.1) is 0 Å². The summed E-state index contributed by atoms with van der Waals surface area (Å²) in [5.41, 5.74) is 0. The van der Waals surface area contributed by atoms with Crippen LogP contribution >= 0.6 is 27.5 Å². The third kappa shape index (κ3) is 5.33. The van der Waals surface area contributed by atoms with E-state index >= 15 is 0 Å². The summed E-state index contributed by atoms with van der Waals surface area (Å²) in [6.45, 7) is 8.35. The number of ether oxygens (including phenoxy) is 1. The molecule has 0 spiro atoms. The Morgan fingerprint density at radius 1 is 1.30 bits per heavy atom. The fourth-order valence-corrected chi connectivity index (χ4v) is 2.79. The van der Waals surface area contributed by atoms with E-state index < -0.39 is 0 Å². The van der Waals surface area contributed by atoms with Gasteiger partial charge in [0.05, 0.1) is 5.02 Å². The van der Waals surface area contributed by atoms with Gasteiger partial charge in [0.15, 0.2) is 6.61 Å². The lowest BCUT2D eigenvalue weighted by atomic mass is 9.93. The summed E-state index contributed by atoms with van der Waals surface area (Å²) in [4.78, 5) is 11.9. The van der Waals surface area contributed by atoms with E-state index in [1.54, 1.807) is 12.1 Å². The first-order valence-corrected chi connectivity index (χ1v) is 7.85. The van der Waals surface area contributed by atoms with Gasteiger partial charge >= 0.3 is 0 Å². The van der Waals surface area contributed by atoms with Gasteiger partial charge < -0.3 is 10.1 Å². The van der Waals surface area contributed by atoms with Gasteiger partial charge in [-0.1, -0.05) is 55.2 Å². The van der Waals surface area contributed by atoms with Gasteiger partial charge in [0.2, 0.25) is 0 Å². The minimum absolute atomic E-state index is 0.0305. The largest absolute Gasteiger partial charge is 0.482 e. The molecule has 0 saturated carbocycles. The molecule has 5 heteroatoms. The average Bonchev–Trinajstić information content (AvgIpc) is 2.34. The van der Waals surface area contributed by atoms with Gasteiger partial charge in [-0.05, 0) is 30.0 Å². The van der Waals surface area contributed by atoms with Gasteiger partial charge in [-0.25, -0.2) is 0 Å². The molecule has 1 amide bonds. The molecule has 0 aromatic heterocycles. The average molecular weight is 363 g/mol. The fraction of sp³-hybridized carbons (Fsp3) is 0.533. The predicted molar refractivity (Wildman–Crippen MR) is 86.3 cm³/mol. The van der Waals surface area contributed by atoms with E-state index in [0.717, 1.165) is 4.47 Å². The summed E-state index contributed by atoms with van der Waals surface area (Å²) in [6, 6.07) is 5.44. The van der Waals surface area contributed by atoms with E-state index in [0.29, 0.717) is 22.6 Å². The SMILES string of the molecule is CC(C)C(NC(=O)COc1ccc(Br)cc1Cl)C(C)C. The van der Waals surface area contributed by atoms with Crippen molar-refractivity contribution in [3.8, 4) is 5.75 Å². The maximum absolute atomic E-state index is 11.9. The van der Waals surface area contributed by atoms with Gasteiger partial charge in [0, 0.05) is 10.5 Å². The number of nitrogens with one attached hydrogen (secondary N) is 1. The Bertz CT molecular complexity index is 455. The predicted octanol–water partition coefficient (Wildman–Crippen LogP) is 4.28. The van der Waals surface area contributed by atoms with Crippen molar-refractivity contribution in [2.75, 3.05) is 6.61 Å². The monoisotopic (exact) mass is 361 g/mol. The molecule has 1 aromatic rings. The van der Waals surface area contributed by atoms with E-state index in [-0.39, 0.29) is 18.6 Å². The number of benzene rings is 1. The van der Waals surface area contributed by atoms with E-state index in [2.05, 4.69) is 48.9 Å². The number of rotatable bonds is 6. The molecule has 0 fully saturated rings. The van der Waals surface area contributed by atoms with Crippen LogP contribution < -0.4 is 10.1 Å². The molecule has 20 heavy (non-hydrogen) atoms. The van der Waals surface area contributed by atoms with Crippen molar-refractivity contribution in [2.24, 2.45) is 11.8 Å². The maximum Gasteiger partial charge on any atom is 0.258 e. The molecule has 1 rings (SSSR count). The lowest BCUT2D eigenvalue weighted by Gasteiger charge is -2.26. The molecule has 112 valence electrons. The molecule has 0 atom stereocenters. The van der Waals surface area contributed by atoms with E-state index in [4.69, 9.17) is 16.3 Å². The summed E-state index contributed by atoms with van der Waals surface area (Å²) in [6.07, 6.45) is 0. The van der Waals surface area contributed by atoms with Gasteiger partial charge in [-0.3, -0.25) is 4.79 Å². The zero-order chi connectivity index (χ0) is 15.3. The standard InChI is InChI=1S/C15H21BrClNO2/c1-9(2)15(10(3)4)18-14(19)8-20-13-6-5-11(16)7-12(13)17/h5-7,9-10,15H,8H2,1-4H3,(H,18,19). The van der Waals surface area contributed by atoms with Crippen molar-refractivity contribution in [2.45, 2.75) is 33.7 Å². The van der Waals surface area contributed by atoms with Crippen LogP contribution in [0.25, 0.3) is 0 Å². The highest BCUT2D eigenvalue weighted by Gasteiger charge is 2.19. The Labute approximate surface area is 134 Å². The van der Waals surface area contributed by atoms with Gasteiger partial charge in [0.25, 0.3) is 5.91 Å². The maximum atomic E-state index is 11.9. The van der Waals surface area contributed by atoms with E-state index in [1.807, 2.05) is 6.07 Å². The number of hydrogen-bond donors (Lipinski definition) is 1. The van der Waals surface area contributed by atoms with Crippen LogP contribution in [0.15, 0.2) is 22.7 Å². The van der Waals surface area contributed by atoms with E-state index in [9.17, 15) is 4.79 Å². The Hall–Kier alpha value is -0.740. The number of halogens is 2. The Morgan fingerprint density at radius 2 is 1.90 bits per heavy atom. The van der Waals surface area contributed by atoms with Crippen LogP contribution in [0, 0.1) is 11.8 Å². The molecule has 0 radical (unpaired) electrons. The quantitative estimate of drug-likeness (QED) is 0.820. The fourth-order valence-electron chi connectivity index (χ4n) is 2.07. The molecule has 0 unspecified atom stereocenters. The molecule has 1 aromatic carbocycles. The summed E-state index contributed by atoms with van der Waals surface area (Å²) >= 11 is 9.35.